The SMILES string of the molecule is CN1C(=O)Cc2cc(C(=O)COc3ccc([N+](=O)[O-])cc3Cl)ccc21. The van der Waals surface area contributed by atoms with Gasteiger partial charge in [-0.1, -0.05) is 11.6 Å². The van der Waals surface area contributed by atoms with Gasteiger partial charge in [0.05, 0.1) is 16.4 Å². The van der Waals surface area contributed by atoms with Gasteiger partial charge in [0.25, 0.3) is 5.69 Å². The van der Waals surface area contributed by atoms with E-state index in [4.69, 9.17) is 16.3 Å². The molecule has 1 aliphatic rings. The summed E-state index contributed by atoms with van der Waals surface area (Å²) in [6.45, 7) is -0.264. The number of non-ortho nitro benzene ring substituents is 1. The number of carbonyl (C=O) groups is 2. The van der Waals surface area contributed by atoms with Gasteiger partial charge in [0.2, 0.25) is 5.91 Å². The third-order valence-electron chi connectivity index (χ3n) is 3.96. The molecule has 3 rings (SSSR count). The van der Waals surface area contributed by atoms with Crippen molar-refractivity contribution in [2.45, 2.75) is 6.42 Å². The summed E-state index contributed by atoms with van der Waals surface area (Å²) in [6, 6.07) is 8.81. The highest BCUT2D eigenvalue weighted by Crippen LogP contribution is 2.30. The smallest absolute Gasteiger partial charge is 0.271 e. The fraction of sp³-hybridized carbons (Fsp3) is 0.176. The number of ether oxygens (including phenoxy) is 1. The zero-order valence-corrected chi connectivity index (χ0v) is 13.9. The second-order valence-corrected chi connectivity index (χ2v) is 5.96. The van der Waals surface area contributed by atoms with E-state index in [2.05, 4.69) is 0 Å². The predicted octanol–water partition coefficient (Wildman–Crippen LogP) is 3.03. The summed E-state index contributed by atoms with van der Waals surface area (Å²) in [7, 11) is 1.69. The van der Waals surface area contributed by atoms with Crippen molar-refractivity contribution >= 4 is 34.7 Å². The molecule has 0 fully saturated rings. The van der Waals surface area contributed by atoms with Crippen LogP contribution in [0.4, 0.5) is 11.4 Å². The van der Waals surface area contributed by atoms with Gasteiger partial charge in [0.15, 0.2) is 12.4 Å². The molecule has 2 aromatic carbocycles. The average Bonchev–Trinajstić information content (AvgIpc) is 2.87. The van der Waals surface area contributed by atoms with E-state index in [1.165, 1.54) is 12.1 Å². The van der Waals surface area contributed by atoms with Crippen LogP contribution in [0, 0.1) is 10.1 Å². The Morgan fingerprint density at radius 2 is 2.08 bits per heavy atom. The molecule has 0 aliphatic carbocycles. The van der Waals surface area contributed by atoms with Gasteiger partial charge in [0.1, 0.15) is 5.75 Å². The van der Waals surface area contributed by atoms with Crippen molar-refractivity contribution in [1.82, 2.24) is 0 Å². The number of halogens is 1. The third-order valence-corrected chi connectivity index (χ3v) is 4.26. The summed E-state index contributed by atoms with van der Waals surface area (Å²) in [6.07, 6.45) is 0.266. The highest BCUT2D eigenvalue weighted by atomic mass is 35.5. The fourth-order valence-corrected chi connectivity index (χ4v) is 2.82. The van der Waals surface area contributed by atoms with Crippen LogP contribution >= 0.6 is 11.6 Å². The van der Waals surface area contributed by atoms with Gasteiger partial charge in [0, 0.05) is 30.4 Å². The van der Waals surface area contributed by atoms with Gasteiger partial charge in [-0.05, 0) is 29.8 Å². The molecule has 0 radical (unpaired) electrons. The van der Waals surface area contributed by atoms with E-state index < -0.39 is 4.92 Å². The Kier molecular flexibility index (Phi) is 4.41. The van der Waals surface area contributed by atoms with E-state index in [0.29, 0.717) is 5.56 Å². The number of nitro groups is 1. The van der Waals surface area contributed by atoms with Crippen molar-refractivity contribution in [3.05, 3.63) is 62.7 Å². The number of carbonyl (C=O) groups excluding carboxylic acids is 2. The van der Waals surface area contributed by atoms with Crippen LogP contribution in [0.5, 0.6) is 5.75 Å². The molecule has 128 valence electrons. The summed E-state index contributed by atoms with van der Waals surface area (Å²) in [5.74, 6) is -0.107. The number of hydrogen-bond acceptors (Lipinski definition) is 5. The minimum Gasteiger partial charge on any atom is -0.484 e. The van der Waals surface area contributed by atoms with Crippen LogP contribution < -0.4 is 9.64 Å². The van der Waals surface area contributed by atoms with Crippen LogP contribution in [-0.2, 0) is 11.2 Å². The third kappa shape index (κ3) is 3.32. The number of nitrogens with zero attached hydrogens (tertiary/aromatic N) is 2. The number of benzene rings is 2. The first-order chi connectivity index (χ1) is 11.9. The summed E-state index contributed by atoms with van der Waals surface area (Å²) < 4.78 is 5.37. The zero-order valence-electron chi connectivity index (χ0n) is 13.2. The van der Waals surface area contributed by atoms with Crippen molar-refractivity contribution in [3.8, 4) is 5.75 Å². The van der Waals surface area contributed by atoms with Crippen LogP contribution in [0.25, 0.3) is 0 Å². The maximum atomic E-state index is 12.3. The molecule has 0 atom stereocenters. The number of fused-ring (bicyclic) bond motifs is 1. The molecule has 1 heterocycles. The summed E-state index contributed by atoms with van der Waals surface area (Å²) in [4.78, 5) is 35.6. The molecule has 25 heavy (non-hydrogen) atoms. The molecule has 8 heteroatoms. The lowest BCUT2D eigenvalue weighted by Gasteiger charge is -2.11. The minimum atomic E-state index is -0.566. The van der Waals surface area contributed by atoms with Crippen LogP contribution in [0.15, 0.2) is 36.4 Å². The van der Waals surface area contributed by atoms with E-state index in [1.54, 1.807) is 30.1 Å². The van der Waals surface area contributed by atoms with Crippen LogP contribution in [0.2, 0.25) is 5.02 Å². The highest BCUT2D eigenvalue weighted by molar-refractivity contribution is 6.32. The number of ketones is 1. The van der Waals surface area contributed by atoms with Crippen molar-refractivity contribution in [1.29, 1.82) is 0 Å². The van der Waals surface area contributed by atoms with Crippen molar-refractivity contribution < 1.29 is 19.2 Å². The molecule has 7 nitrogen and oxygen atoms in total. The Balaban J connectivity index is 1.71. The quantitative estimate of drug-likeness (QED) is 0.464. The highest BCUT2D eigenvalue weighted by Gasteiger charge is 2.24. The van der Waals surface area contributed by atoms with Gasteiger partial charge in [-0.2, -0.15) is 0 Å². The van der Waals surface area contributed by atoms with Gasteiger partial charge < -0.3 is 9.64 Å². The standard InChI is InChI=1S/C17H13ClN2O5/c1-19-14-4-2-10(6-11(14)7-17(19)22)15(21)9-25-16-5-3-12(20(23)24)8-13(16)18/h2-6,8H,7,9H2,1H3. The topological polar surface area (TPSA) is 89.8 Å². The molecular weight excluding hydrogens is 348 g/mol. The molecule has 0 saturated heterocycles. The van der Waals surface area contributed by atoms with Gasteiger partial charge >= 0.3 is 0 Å². The summed E-state index contributed by atoms with van der Waals surface area (Å²) in [5, 5.41) is 10.7. The summed E-state index contributed by atoms with van der Waals surface area (Å²) in [5.41, 5.74) is 1.86. The monoisotopic (exact) mass is 360 g/mol. The maximum Gasteiger partial charge on any atom is 0.271 e. The number of anilines is 1. The van der Waals surface area contributed by atoms with Crippen LogP contribution in [-0.4, -0.2) is 30.3 Å². The molecule has 0 aromatic heterocycles. The number of likely N-dealkylation sites (N-methyl/N-ethyl adjacent to an activating group) is 1. The lowest BCUT2D eigenvalue weighted by atomic mass is 10.1. The Bertz CT molecular complexity index is 897. The van der Waals surface area contributed by atoms with E-state index in [-0.39, 0.29) is 41.2 Å². The van der Waals surface area contributed by atoms with Crippen molar-refractivity contribution in [2.24, 2.45) is 0 Å². The van der Waals surface area contributed by atoms with Gasteiger partial charge in [-0.15, -0.1) is 0 Å². The average molecular weight is 361 g/mol. The fourth-order valence-electron chi connectivity index (χ4n) is 2.59. The van der Waals surface area contributed by atoms with E-state index in [0.717, 1.165) is 17.3 Å². The largest absolute Gasteiger partial charge is 0.484 e. The Hall–Kier alpha value is -2.93. The number of amides is 1. The zero-order chi connectivity index (χ0) is 18.1. The maximum absolute atomic E-state index is 12.3. The van der Waals surface area contributed by atoms with Gasteiger partial charge in [-0.25, -0.2) is 0 Å². The molecular formula is C17H13ClN2O5. The molecule has 2 aromatic rings. The van der Waals surface area contributed by atoms with E-state index >= 15 is 0 Å². The normalized spacial score (nSPS) is 12.9. The summed E-state index contributed by atoms with van der Waals surface area (Å²) >= 11 is 5.93. The van der Waals surface area contributed by atoms with Crippen LogP contribution in [0.1, 0.15) is 15.9 Å². The lowest BCUT2D eigenvalue weighted by molar-refractivity contribution is -0.384. The molecule has 0 unspecified atom stereocenters. The van der Waals surface area contributed by atoms with Crippen molar-refractivity contribution in [2.75, 3.05) is 18.6 Å². The first kappa shape index (κ1) is 16.9. The Labute approximate surface area is 147 Å². The molecule has 0 bridgehead atoms. The second-order valence-electron chi connectivity index (χ2n) is 5.56. The minimum absolute atomic E-state index is 0.0199. The Morgan fingerprint density at radius 1 is 1.32 bits per heavy atom. The lowest BCUT2D eigenvalue weighted by Crippen LogP contribution is -2.20. The number of nitro benzene ring substituents is 1. The Morgan fingerprint density at radius 3 is 2.76 bits per heavy atom. The first-order valence-corrected chi connectivity index (χ1v) is 7.74. The second kappa shape index (κ2) is 6.52. The number of rotatable bonds is 5. The van der Waals surface area contributed by atoms with E-state index in [9.17, 15) is 19.7 Å². The first-order valence-electron chi connectivity index (χ1n) is 7.36. The van der Waals surface area contributed by atoms with Crippen LogP contribution in [0.3, 0.4) is 0 Å². The van der Waals surface area contributed by atoms with Crippen molar-refractivity contribution in [3.63, 3.8) is 0 Å². The molecule has 1 aliphatic heterocycles. The molecule has 0 N–H and O–H groups in total. The molecule has 0 saturated carbocycles. The molecule has 1 amide bonds. The van der Waals surface area contributed by atoms with Gasteiger partial charge in [-0.3, -0.25) is 19.7 Å². The molecule has 0 spiro atoms. The number of Topliss-reactive ketones (excluding diaryl/α,β-unsaturated/α-hetero) is 1. The van der Waals surface area contributed by atoms with E-state index in [1.807, 2.05) is 0 Å². The number of hydrogen-bond donors (Lipinski definition) is 0. The predicted molar refractivity (Wildman–Crippen MR) is 91.5 cm³/mol.